The normalized spacial score (nSPS) is 18.2. The van der Waals surface area contributed by atoms with Crippen LogP contribution in [0.1, 0.15) is 45.1 Å². The monoisotopic (exact) mass is 426 g/mol. The zero-order valence-corrected chi connectivity index (χ0v) is 18.4. The van der Waals surface area contributed by atoms with Crippen LogP contribution in [0.2, 0.25) is 0 Å². The van der Waals surface area contributed by atoms with Gasteiger partial charge in [-0.1, -0.05) is 66.7 Å². The SMILES string of the molecule is O=C(c1ccccc1)c1cccc(CCC2OCCc3ccccc32)c1N1CCNCC1. The third kappa shape index (κ3) is 4.34. The second-order valence-electron chi connectivity index (χ2n) is 8.59. The number of fused-ring (bicyclic) bond motifs is 1. The summed E-state index contributed by atoms with van der Waals surface area (Å²) < 4.78 is 6.17. The van der Waals surface area contributed by atoms with Gasteiger partial charge in [0.1, 0.15) is 0 Å². The van der Waals surface area contributed by atoms with Crippen molar-refractivity contribution in [2.45, 2.75) is 25.4 Å². The zero-order chi connectivity index (χ0) is 21.8. The van der Waals surface area contributed by atoms with Crippen molar-refractivity contribution in [3.05, 3.63) is 101 Å². The number of carbonyl (C=O) groups excluding carboxylic acids is 1. The van der Waals surface area contributed by atoms with Crippen molar-refractivity contribution >= 4 is 11.5 Å². The van der Waals surface area contributed by atoms with Crippen molar-refractivity contribution < 1.29 is 9.53 Å². The van der Waals surface area contributed by atoms with E-state index in [2.05, 4.69) is 40.5 Å². The molecule has 0 spiro atoms. The van der Waals surface area contributed by atoms with Crippen molar-refractivity contribution in [3.8, 4) is 0 Å². The molecule has 1 atom stereocenters. The van der Waals surface area contributed by atoms with Crippen LogP contribution in [0.25, 0.3) is 0 Å². The van der Waals surface area contributed by atoms with Gasteiger partial charge in [-0.15, -0.1) is 0 Å². The smallest absolute Gasteiger partial charge is 0.195 e. The van der Waals surface area contributed by atoms with E-state index < -0.39 is 0 Å². The first kappa shape index (κ1) is 20.9. The molecular weight excluding hydrogens is 396 g/mol. The van der Waals surface area contributed by atoms with Crippen molar-refractivity contribution in [2.24, 2.45) is 0 Å². The van der Waals surface area contributed by atoms with Gasteiger partial charge in [-0.05, 0) is 42.0 Å². The first-order valence-corrected chi connectivity index (χ1v) is 11.7. The maximum atomic E-state index is 13.5. The molecule has 4 nitrogen and oxygen atoms in total. The average molecular weight is 427 g/mol. The predicted molar refractivity (Wildman–Crippen MR) is 129 cm³/mol. The molecule has 2 aliphatic rings. The number of benzene rings is 3. The molecule has 0 aromatic heterocycles. The van der Waals surface area contributed by atoms with E-state index in [9.17, 15) is 4.79 Å². The molecule has 5 rings (SSSR count). The predicted octanol–water partition coefficient (Wildman–Crippen LogP) is 4.57. The fourth-order valence-electron chi connectivity index (χ4n) is 4.99. The van der Waals surface area contributed by atoms with Crippen LogP contribution < -0.4 is 10.2 Å². The van der Waals surface area contributed by atoms with E-state index in [1.54, 1.807) is 0 Å². The Labute approximate surface area is 190 Å². The second kappa shape index (κ2) is 9.68. The van der Waals surface area contributed by atoms with Gasteiger partial charge in [-0.2, -0.15) is 0 Å². The molecule has 1 saturated heterocycles. The Bertz CT molecular complexity index is 1070. The number of ether oxygens (including phenoxy) is 1. The van der Waals surface area contributed by atoms with Crippen LogP contribution in [0.3, 0.4) is 0 Å². The molecular formula is C28H30N2O2. The summed E-state index contributed by atoms with van der Waals surface area (Å²) in [4.78, 5) is 15.9. The summed E-state index contributed by atoms with van der Waals surface area (Å²) in [6.45, 7) is 4.47. The van der Waals surface area contributed by atoms with E-state index >= 15 is 0 Å². The maximum absolute atomic E-state index is 13.5. The highest BCUT2D eigenvalue weighted by molar-refractivity contribution is 6.12. The number of rotatable bonds is 6. The minimum Gasteiger partial charge on any atom is -0.373 e. The molecule has 3 aromatic rings. The Morgan fingerprint density at radius 2 is 1.72 bits per heavy atom. The van der Waals surface area contributed by atoms with Gasteiger partial charge in [0, 0.05) is 37.3 Å². The van der Waals surface area contributed by atoms with E-state index in [4.69, 9.17) is 4.74 Å². The third-order valence-corrected chi connectivity index (χ3v) is 6.60. The number of nitrogens with one attached hydrogen (secondary N) is 1. The van der Waals surface area contributed by atoms with Crippen LogP contribution in [-0.2, 0) is 17.6 Å². The van der Waals surface area contributed by atoms with Gasteiger partial charge in [0.25, 0.3) is 0 Å². The molecule has 2 aliphatic heterocycles. The second-order valence-corrected chi connectivity index (χ2v) is 8.59. The number of hydrogen-bond acceptors (Lipinski definition) is 4. The van der Waals surface area contributed by atoms with Gasteiger partial charge in [0.15, 0.2) is 5.78 Å². The van der Waals surface area contributed by atoms with Crippen LogP contribution in [0.4, 0.5) is 5.69 Å². The molecule has 4 heteroatoms. The Morgan fingerprint density at radius 3 is 2.56 bits per heavy atom. The zero-order valence-electron chi connectivity index (χ0n) is 18.4. The number of carbonyl (C=O) groups is 1. The number of nitrogens with zero attached hydrogens (tertiary/aromatic N) is 1. The molecule has 1 unspecified atom stereocenters. The molecule has 3 aromatic carbocycles. The summed E-state index contributed by atoms with van der Waals surface area (Å²) in [7, 11) is 0. The van der Waals surface area contributed by atoms with E-state index in [1.807, 2.05) is 42.5 Å². The highest BCUT2D eigenvalue weighted by atomic mass is 16.5. The van der Waals surface area contributed by atoms with E-state index in [-0.39, 0.29) is 11.9 Å². The van der Waals surface area contributed by atoms with Crippen molar-refractivity contribution in [1.82, 2.24) is 5.32 Å². The maximum Gasteiger partial charge on any atom is 0.195 e. The van der Waals surface area contributed by atoms with Gasteiger partial charge in [-0.3, -0.25) is 4.79 Å². The molecule has 0 radical (unpaired) electrons. The highest BCUT2D eigenvalue weighted by Crippen LogP contribution is 2.34. The highest BCUT2D eigenvalue weighted by Gasteiger charge is 2.25. The Balaban J connectivity index is 1.46. The number of para-hydroxylation sites is 1. The molecule has 1 fully saturated rings. The van der Waals surface area contributed by atoms with Crippen LogP contribution in [0.15, 0.2) is 72.8 Å². The quantitative estimate of drug-likeness (QED) is 0.586. The Kier molecular flexibility index (Phi) is 6.33. The number of anilines is 1. The minimum absolute atomic E-state index is 0.0974. The molecule has 0 bridgehead atoms. The molecule has 0 amide bonds. The first-order chi connectivity index (χ1) is 15.8. The number of ketones is 1. The lowest BCUT2D eigenvalue weighted by atomic mass is 9.91. The van der Waals surface area contributed by atoms with Gasteiger partial charge in [0.05, 0.1) is 18.4 Å². The van der Waals surface area contributed by atoms with Crippen molar-refractivity contribution in [1.29, 1.82) is 0 Å². The van der Waals surface area contributed by atoms with Gasteiger partial charge in [0.2, 0.25) is 0 Å². The summed E-state index contributed by atoms with van der Waals surface area (Å²) in [6, 6.07) is 24.5. The summed E-state index contributed by atoms with van der Waals surface area (Å²) in [6.07, 6.45) is 2.90. The van der Waals surface area contributed by atoms with Crippen molar-refractivity contribution in [3.63, 3.8) is 0 Å². The largest absolute Gasteiger partial charge is 0.373 e. The van der Waals surface area contributed by atoms with Crippen LogP contribution >= 0.6 is 0 Å². The molecule has 164 valence electrons. The van der Waals surface area contributed by atoms with E-state index in [1.165, 1.54) is 16.7 Å². The topological polar surface area (TPSA) is 41.6 Å². The van der Waals surface area contributed by atoms with Crippen LogP contribution in [0, 0.1) is 0 Å². The number of aryl methyl sites for hydroxylation is 1. The first-order valence-electron chi connectivity index (χ1n) is 11.7. The number of hydrogen-bond donors (Lipinski definition) is 1. The summed E-state index contributed by atoms with van der Waals surface area (Å²) in [5.41, 5.74) is 6.61. The van der Waals surface area contributed by atoms with E-state index in [0.717, 1.165) is 68.9 Å². The number of piperazine rings is 1. The molecule has 0 aliphatic carbocycles. The van der Waals surface area contributed by atoms with Gasteiger partial charge >= 0.3 is 0 Å². The lowest BCUT2D eigenvalue weighted by molar-refractivity contribution is 0.0368. The summed E-state index contributed by atoms with van der Waals surface area (Å²) >= 11 is 0. The fourth-order valence-corrected chi connectivity index (χ4v) is 4.99. The molecule has 1 N–H and O–H groups in total. The van der Waals surface area contributed by atoms with Crippen LogP contribution in [-0.4, -0.2) is 38.6 Å². The summed E-state index contributed by atoms with van der Waals surface area (Å²) in [5.74, 6) is 0.0974. The molecule has 0 saturated carbocycles. The van der Waals surface area contributed by atoms with Gasteiger partial charge < -0.3 is 15.0 Å². The average Bonchev–Trinajstić information content (AvgIpc) is 2.88. The lowest BCUT2D eigenvalue weighted by Crippen LogP contribution is -2.44. The fraction of sp³-hybridized carbons (Fsp3) is 0.321. The van der Waals surface area contributed by atoms with E-state index in [0.29, 0.717) is 0 Å². The van der Waals surface area contributed by atoms with Crippen LogP contribution in [0.5, 0.6) is 0 Å². The standard InChI is InChI=1S/C28H30N2O2/c31-28(23-8-2-1-3-9-23)25-12-6-10-22(27(25)30-18-16-29-17-19-30)13-14-26-24-11-5-4-7-21(24)15-20-32-26/h1-12,26,29H,13-20H2. The minimum atomic E-state index is 0.0974. The van der Waals surface area contributed by atoms with Gasteiger partial charge in [-0.25, -0.2) is 0 Å². The molecule has 32 heavy (non-hydrogen) atoms. The summed E-state index contributed by atoms with van der Waals surface area (Å²) in [5, 5.41) is 3.43. The molecule has 2 heterocycles. The van der Waals surface area contributed by atoms with Crippen molar-refractivity contribution in [2.75, 3.05) is 37.7 Å². The third-order valence-electron chi connectivity index (χ3n) is 6.60. The Hall–Kier alpha value is -2.95. The Morgan fingerprint density at radius 1 is 0.938 bits per heavy atom. The lowest BCUT2D eigenvalue weighted by Gasteiger charge is -2.33.